The third-order valence-electron chi connectivity index (χ3n) is 4.85. The van der Waals surface area contributed by atoms with Gasteiger partial charge in [-0.2, -0.15) is 0 Å². The summed E-state index contributed by atoms with van der Waals surface area (Å²) >= 11 is 1.50. The standard InChI is InChI=1S/C23H22N2O3S/c1-2-28-18-13-7-6-12-17(18)24-22(27)20-16-11-8-14-19(16)29-23(20)25-21(26)15-9-4-3-5-10-15/h3-7,9-10,12-13H,2,8,11,14H2,1H3,(H,24,27)(H,25,26). The summed E-state index contributed by atoms with van der Waals surface area (Å²) in [5, 5.41) is 6.53. The second kappa shape index (κ2) is 8.49. The number of anilines is 2. The Morgan fingerprint density at radius 2 is 1.72 bits per heavy atom. The second-order valence-corrected chi connectivity index (χ2v) is 7.87. The third kappa shape index (κ3) is 4.03. The van der Waals surface area contributed by atoms with Gasteiger partial charge in [-0.15, -0.1) is 11.3 Å². The van der Waals surface area contributed by atoms with Crippen molar-refractivity contribution < 1.29 is 14.3 Å². The van der Waals surface area contributed by atoms with Gasteiger partial charge in [0, 0.05) is 10.4 Å². The summed E-state index contributed by atoms with van der Waals surface area (Å²) in [6.45, 7) is 2.42. The molecule has 0 spiro atoms. The van der Waals surface area contributed by atoms with Gasteiger partial charge < -0.3 is 15.4 Å². The highest BCUT2D eigenvalue weighted by Gasteiger charge is 2.28. The van der Waals surface area contributed by atoms with Gasteiger partial charge in [-0.3, -0.25) is 9.59 Å². The molecule has 29 heavy (non-hydrogen) atoms. The van der Waals surface area contributed by atoms with Crippen LogP contribution in [0.2, 0.25) is 0 Å². The van der Waals surface area contributed by atoms with Gasteiger partial charge in [-0.1, -0.05) is 30.3 Å². The minimum atomic E-state index is -0.222. The summed E-state index contributed by atoms with van der Waals surface area (Å²) < 4.78 is 5.62. The van der Waals surface area contributed by atoms with Gasteiger partial charge in [0.2, 0.25) is 0 Å². The number of hydrogen-bond donors (Lipinski definition) is 2. The first-order chi connectivity index (χ1) is 14.2. The maximum absolute atomic E-state index is 13.2. The lowest BCUT2D eigenvalue weighted by Crippen LogP contribution is -2.18. The van der Waals surface area contributed by atoms with E-state index in [1.807, 2.05) is 49.4 Å². The van der Waals surface area contributed by atoms with Crippen molar-refractivity contribution in [3.8, 4) is 5.75 Å². The molecule has 0 bridgehead atoms. The van der Waals surface area contributed by atoms with Crippen LogP contribution in [0.1, 0.15) is 44.5 Å². The fourth-order valence-corrected chi connectivity index (χ4v) is 4.82. The number of para-hydroxylation sites is 2. The van der Waals surface area contributed by atoms with Crippen LogP contribution in [0.5, 0.6) is 5.75 Å². The Morgan fingerprint density at radius 3 is 2.52 bits per heavy atom. The summed E-state index contributed by atoms with van der Waals surface area (Å²) in [5.74, 6) is 0.194. The highest BCUT2D eigenvalue weighted by Crippen LogP contribution is 2.40. The summed E-state index contributed by atoms with van der Waals surface area (Å²) in [6.07, 6.45) is 2.82. The summed E-state index contributed by atoms with van der Waals surface area (Å²) in [6, 6.07) is 16.4. The van der Waals surface area contributed by atoms with Crippen molar-refractivity contribution in [1.29, 1.82) is 0 Å². The van der Waals surface area contributed by atoms with Crippen LogP contribution in [0.4, 0.5) is 10.7 Å². The molecule has 2 aromatic carbocycles. The zero-order chi connectivity index (χ0) is 20.2. The number of fused-ring (bicyclic) bond motifs is 1. The average molecular weight is 407 g/mol. The quantitative estimate of drug-likeness (QED) is 0.596. The Hall–Kier alpha value is -3.12. The maximum Gasteiger partial charge on any atom is 0.259 e. The Morgan fingerprint density at radius 1 is 0.966 bits per heavy atom. The van der Waals surface area contributed by atoms with Crippen molar-refractivity contribution in [2.75, 3.05) is 17.2 Å². The molecule has 3 aromatic rings. The summed E-state index contributed by atoms with van der Waals surface area (Å²) in [7, 11) is 0. The highest BCUT2D eigenvalue weighted by molar-refractivity contribution is 7.17. The number of carbonyl (C=O) groups excluding carboxylic acids is 2. The molecule has 1 aliphatic carbocycles. The molecule has 0 saturated heterocycles. The van der Waals surface area contributed by atoms with E-state index < -0.39 is 0 Å². The van der Waals surface area contributed by atoms with Gasteiger partial charge >= 0.3 is 0 Å². The molecule has 2 N–H and O–H groups in total. The monoisotopic (exact) mass is 406 g/mol. The second-order valence-electron chi connectivity index (χ2n) is 6.76. The van der Waals surface area contributed by atoms with Crippen LogP contribution in [0.15, 0.2) is 54.6 Å². The van der Waals surface area contributed by atoms with E-state index in [0.29, 0.717) is 34.2 Å². The molecule has 1 aliphatic rings. The molecule has 2 amide bonds. The normalized spacial score (nSPS) is 12.3. The van der Waals surface area contributed by atoms with Crippen LogP contribution < -0.4 is 15.4 Å². The molecular weight excluding hydrogens is 384 g/mol. The molecule has 4 rings (SSSR count). The minimum Gasteiger partial charge on any atom is -0.492 e. The van der Waals surface area contributed by atoms with Crippen LogP contribution in [0.25, 0.3) is 0 Å². The predicted octanol–water partition coefficient (Wildman–Crippen LogP) is 5.14. The van der Waals surface area contributed by atoms with E-state index in [4.69, 9.17) is 4.74 Å². The predicted molar refractivity (Wildman–Crippen MR) is 116 cm³/mol. The Labute approximate surface area is 173 Å². The van der Waals surface area contributed by atoms with E-state index in [9.17, 15) is 9.59 Å². The largest absolute Gasteiger partial charge is 0.492 e. The number of nitrogens with one attached hydrogen (secondary N) is 2. The minimum absolute atomic E-state index is 0.214. The van der Waals surface area contributed by atoms with Gasteiger partial charge in [-0.25, -0.2) is 0 Å². The number of benzene rings is 2. The van der Waals surface area contributed by atoms with Gasteiger partial charge in [0.05, 0.1) is 17.9 Å². The Balaban J connectivity index is 1.63. The SMILES string of the molecule is CCOc1ccccc1NC(=O)c1c(NC(=O)c2ccccc2)sc2c1CCC2. The Kier molecular flexibility index (Phi) is 5.62. The molecule has 0 aliphatic heterocycles. The average Bonchev–Trinajstić information content (AvgIpc) is 3.31. The van der Waals surface area contributed by atoms with Crippen molar-refractivity contribution in [2.45, 2.75) is 26.2 Å². The first kappa shape index (κ1) is 19.2. The lowest BCUT2D eigenvalue weighted by Gasteiger charge is -2.13. The van der Waals surface area contributed by atoms with E-state index in [0.717, 1.165) is 24.8 Å². The van der Waals surface area contributed by atoms with Crippen molar-refractivity contribution in [2.24, 2.45) is 0 Å². The molecule has 0 fully saturated rings. The van der Waals surface area contributed by atoms with E-state index in [-0.39, 0.29) is 11.8 Å². The van der Waals surface area contributed by atoms with Crippen molar-refractivity contribution in [3.05, 3.63) is 76.2 Å². The first-order valence-electron chi connectivity index (χ1n) is 9.71. The van der Waals surface area contributed by atoms with E-state index in [2.05, 4.69) is 10.6 Å². The third-order valence-corrected chi connectivity index (χ3v) is 6.05. The number of ether oxygens (including phenoxy) is 1. The van der Waals surface area contributed by atoms with Crippen LogP contribution in [0.3, 0.4) is 0 Å². The maximum atomic E-state index is 13.2. The molecule has 5 nitrogen and oxygen atoms in total. The summed E-state index contributed by atoms with van der Waals surface area (Å²) in [5.41, 5.74) is 2.80. The zero-order valence-electron chi connectivity index (χ0n) is 16.2. The van der Waals surface area contributed by atoms with Crippen molar-refractivity contribution >= 4 is 33.8 Å². The smallest absolute Gasteiger partial charge is 0.259 e. The molecule has 0 saturated carbocycles. The molecular formula is C23H22N2O3S. The van der Waals surface area contributed by atoms with Crippen LogP contribution >= 0.6 is 11.3 Å². The molecule has 0 atom stereocenters. The van der Waals surface area contributed by atoms with Crippen LogP contribution in [-0.4, -0.2) is 18.4 Å². The fraction of sp³-hybridized carbons (Fsp3) is 0.217. The Bertz CT molecular complexity index is 1040. The highest BCUT2D eigenvalue weighted by atomic mass is 32.1. The molecule has 0 radical (unpaired) electrons. The number of rotatable bonds is 6. The van der Waals surface area contributed by atoms with Crippen molar-refractivity contribution in [1.82, 2.24) is 0 Å². The molecule has 1 aromatic heterocycles. The molecule has 1 heterocycles. The molecule has 0 unspecified atom stereocenters. The molecule has 6 heteroatoms. The van der Waals surface area contributed by atoms with Crippen molar-refractivity contribution in [3.63, 3.8) is 0 Å². The van der Waals surface area contributed by atoms with Gasteiger partial charge in [0.25, 0.3) is 11.8 Å². The first-order valence-corrected chi connectivity index (χ1v) is 10.5. The van der Waals surface area contributed by atoms with Gasteiger partial charge in [-0.05, 0) is 56.0 Å². The van der Waals surface area contributed by atoms with E-state index >= 15 is 0 Å². The van der Waals surface area contributed by atoms with Crippen LogP contribution in [0, 0.1) is 0 Å². The topological polar surface area (TPSA) is 67.4 Å². The fourth-order valence-electron chi connectivity index (χ4n) is 3.53. The number of aryl methyl sites for hydroxylation is 1. The lowest BCUT2D eigenvalue weighted by atomic mass is 10.1. The number of thiophene rings is 1. The van der Waals surface area contributed by atoms with E-state index in [1.54, 1.807) is 12.1 Å². The lowest BCUT2D eigenvalue weighted by molar-refractivity contribution is 0.102. The van der Waals surface area contributed by atoms with Crippen LogP contribution in [-0.2, 0) is 12.8 Å². The molecule has 148 valence electrons. The van der Waals surface area contributed by atoms with Gasteiger partial charge in [0.1, 0.15) is 10.8 Å². The number of carbonyl (C=O) groups is 2. The zero-order valence-corrected chi connectivity index (χ0v) is 17.0. The van der Waals surface area contributed by atoms with E-state index in [1.165, 1.54) is 16.2 Å². The van der Waals surface area contributed by atoms with Gasteiger partial charge in [0.15, 0.2) is 0 Å². The number of hydrogen-bond acceptors (Lipinski definition) is 4. The number of amides is 2. The summed E-state index contributed by atoms with van der Waals surface area (Å²) in [4.78, 5) is 27.1.